The molecule has 1 aliphatic heterocycles. The molecular weight excluding hydrogens is 244 g/mol. The minimum Gasteiger partial charge on any atom is -0.391 e. The summed E-state index contributed by atoms with van der Waals surface area (Å²) in [5.41, 5.74) is 0. The number of nitrogens with zero attached hydrogens (tertiary/aromatic N) is 1. The van der Waals surface area contributed by atoms with Gasteiger partial charge in [0.15, 0.2) is 0 Å². The Bertz CT molecular complexity index is 346. The van der Waals surface area contributed by atoms with E-state index in [0.717, 1.165) is 45.1 Å². The number of carbonyl (C=O) groups is 2. The summed E-state index contributed by atoms with van der Waals surface area (Å²) >= 11 is 0. The summed E-state index contributed by atoms with van der Waals surface area (Å²) in [6.07, 6.45) is 5.03. The summed E-state index contributed by atoms with van der Waals surface area (Å²) in [5.74, 6) is -0.0844. The van der Waals surface area contributed by atoms with Crippen LogP contribution in [0.4, 0.5) is 0 Å². The van der Waals surface area contributed by atoms with Crippen molar-refractivity contribution in [3.05, 3.63) is 0 Å². The molecule has 0 bridgehead atoms. The monoisotopic (exact) mass is 268 g/mol. The van der Waals surface area contributed by atoms with E-state index in [2.05, 4.69) is 5.32 Å². The summed E-state index contributed by atoms with van der Waals surface area (Å²) in [7, 11) is 0. The first kappa shape index (κ1) is 14.3. The van der Waals surface area contributed by atoms with Crippen LogP contribution in [0.15, 0.2) is 0 Å². The predicted octanol–water partition coefficient (Wildman–Crippen LogP) is 0.665. The molecule has 2 aliphatic rings. The van der Waals surface area contributed by atoms with Gasteiger partial charge in [0.1, 0.15) is 0 Å². The van der Waals surface area contributed by atoms with Gasteiger partial charge in [0.25, 0.3) is 0 Å². The van der Waals surface area contributed by atoms with Crippen LogP contribution < -0.4 is 5.32 Å². The second-order valence-electron chi connectivity index (χ2n) is 5.77. The zero-order valence-electron chi connectivity index (χ0n) is 11.6. The van der Waals surface area contributed by atoms with Gasteiger partial charge in [0.05, 0.1) is 18.1 Å². The van der Waals surface area contributed by atoms with Crippen LogP contribution in [0.1, 0.15) is 45.4 Å². The van der Waals surface area contributed by atoms with Crippen LogP contribution in [0.5, 0.6) is 0 Å². The maximum absolute atomic E-state index is 12.2. The molecule has 3 atom stereocenters. The molecule has 19 heavy (non-hydrogen) atoms. The number of carbonyl (C=O) groups excluding carboxylic acids is 2. The number of amides is 2. The number of rotatable bonds is 2. The van der Waals surface area contributed by atoms with E-state index in [9.17, 15) is 14.7 Å². The van der Waals surface area contributed by atoms with E-state index >= 15 is 0 Å². The zero-order valence-corrected chi connectivity index (χ0v) is 11.6. The van der Waals surface area contributed by atoms with Gasteiger partial charge in [-0.1, -0.05) is 12.8 Å². The van der Waals surface area contributed by atoms with Crippen molar-refractivity contribution in [3.8, 4) is 0 Å². The second kappa shape index (κ2) is 6.37. The molecule has 0 aromatic carbocycles. The molecule has 1 heterocycles. The van der Waals surface area contributed by atoms with Gasteiger partial charge in [-0.05, 0) is 25.7 Å². The predicted molar refractivity (Wildman–Crippen MR) is 71.4 cm³/mol. The third kappa shape index (κ3) is 3.69. The molecule has 1 saturated heterocycles. The first-order valence-electron chi connectivity index (χ1n) is 7.32. The molecule has 0 aromatic heterocycles. The third-order valence-corrected chi connectivity index (χ3v) is 4.29. The van der Waals surface area contributed by atoms with Gasteiger partial charge < -0.3 is 15.3 Å². The standard InChI is InChI=1S/C14H24N2O3/c1-10(17)16-8-4-5-11(9-16)14(19)15-12-6-2-3-7-13(12)18/h11-13,18H,2-9H2,1H3,(H,15,19)/t11?,12-,13-/m0/s1. The van der Waals surface area contributed by atoms with Crippen LogP contribution >= 0.6 is 0 Å². The Kier molecular flexibility index (Phi) is 4.80. The Morgan fingerprint density at radius 3 is 2.58 bits per heavy atom. The maximum atomic E-state index is 12.2. The van der Waals surface area contributed by atoms with E-state index < -0.39 is 6.10 Å². The molecule has 1 saturated carbocycles. The lowest BCUT2D eigenvalue weighted by molar-refractivity contribution is -0.134. The Morgan fingerprint density at radius 2 is 1.89 bits per heavy atom. The van der Waals surface area contributed by atoms with Gasteiger partial charge in [0.2, 0.25) is 11.8 Å². The summed E-state index contributed by atoms with van der Waals surface area (Å²) in [6, 6.07) is -0.103. The van der Waals surface area contributed by atoms with Gasteiger partial charge in [-0.3, -0.25) is 9.59 Å². The fraction of sp³-hybridized carbons (Fsp3) is 0.857. The highest BCUT2D eigenvalue weighted by Gasteiger charge is 2.30. The second-order valence-corrected chi connectivity index (χ2v) is 5.77. The van der Waals surface area contributed by atoms with E-state index in [0.29, 0.717) is 6.54 Å². The average molecular weight is 268 g/mol. The highest BCUT2D eigenvalue weighted by Crippen LogP contribution is 2.21. The van der Waals surface area contributed by atoms with E-state index in [4.69, 9.17) is 0 Å². The van der Waals surface area contributed by atoms with Crippen LogP contribution in [0.25, 0.3) is 0 Å². The van der Waals surface area contributed by atoms with E-state index in [-0.39, 0.29) is 23.8 Å². The molecule has 1 aliphatic carbocycles. The smallest absolute Gasteiger partial charge is 0.225 e. The summed E-state index contributed by atoms with van der Waals surface area (Å²) in [5, 5.41) is 12.8. The topological polar surface area (TPSA) is 69.6 Å². The molecule has 2 rings (SSSR count). The number of nitrogens with one attached hydrogen (secondary N) is 1. The summed E-state index contributed by atoms with van der Waals surface area (Å²) in [6.45, 7) is 2.82. The SMILES string of the molecule is CC(=O)N1CCCC(C(=O)N[C@H]2CCCC[C@@H]2O)C1. The third-order valence-electron chi connectivity index (χ3n) is 4.29. The van der Waals surface area contributed by atoms with Gasteiger partial charge in [-0.25, -0.2) is 0 Å². The fourth-order valence-electron chi connectivity index (χ4n) is 3.06. The van der Waals surface area contributed by atoms with Crippen molar-refractivity contribution in [2.45, 2.75) is 57.6 Å². The van der Waals surface area contributed by atoms with Crippen LogP contribution in [-0.4, -0.2) is 47.1 Å². The van der Waals surface area contributed by atoms with Gasteiger partial charge in [0, 0.05) is 20.0 Å². The Morgan fingerprint density at radius 1 is 1.16 bits per heavy atom. The highest BCUT2D eigenvalue weighted by molar-refractivity contribution is 5.81. The van der Waals surface area contributed by atoms with Crippen molar-refractivity contribution >= 4 is 11.8 Å². The Balaban J connectivity index is 1.86. The van der Waals surface area contributed by atoms with Crippen molar-refractivity contribution in [3.63, 3.8) is 0 Å². The van der Waals surface area contributed by atoms with Crippen molar-refractivity contribution in [2.75, 3.05) is 13.1 Å². The van der Waals surface area contributed by atoms with Gasteiger partial charge in [-0.15, -0.1) is 0 Å². The van der Waals surface area contributed by atoms with E-state index in [1.165, 1.54) is 0 Å². The molecule has 108 valence electrons. The highest BCUT2D eigenvalue weighted by atomic mass is 16.3. The maximum Gasteiger partial charge on any atom is 0.225 e. The number of aliphatic hydroxyl groups is 1. The minimum absolute atomic E-state index is 0.00287. The summed E-state index contributed by atoms with van der Waals surface area (Å²) < 4.78 is 0. The number of hydrogen-bond donors (Lipinski definition) is 2. The molecular formula is C14H24N2O3. The molecule has 2 fully saturated rings. The number of likely N-dealkylation sites (tertiary alicyclic amines) is 1. The molecule has 0 spiro atoms. The summed E-state index contributed by atoms with van der Waals surface area (Å²) in [4.78, 5) is 25.3. The van der Waals surface area contributed by atoms with Crippen LogP contribution in [0.3, 0.4) is 0 Å². The normalized spacial score (nSPS) is 31.9. The molecule has 1 unspecified atom stereocenters. The number of hydrogen-bond acceptors (Lipinski definition) is 3. The molecule has 2 N–H and O–H groups in total. The van der Waals surface area contributed by atoms with Crippen molar-refractivity contribution in [1.82, 2.24) is 10.2 Å². The largest absolute Gasteiger partial charge is 0.391 e. The first-order chi connectivity index (χ1) is 9.08. The lowest BCUT2D eigenvalue weighted by Gasteiger charge is -2.34. The molecule has 0 aromatic rings. The van der Waals surface area contributed by atoms with Crippen LogP contribution in [0, 0.1) is 5.92 Å². The molecule has 5 heteroatoms. The number of piperidine rings is 1. The zero-order chi connectivity index (χ0) is 13.8. The minimum atomic E-state index is -0.412. The Labute approximate surface area is 114 Å². The quantitative estimate of drug-likeness (QED) is 0.773. The van der Waals surface area contributed by atoms with E-state index in [1.54, 1.807) is 11.8 Å². The molecule has 0 radical (unpaired) electrons. The molecule has 5 nitrogen and oxygen atoms in total. The number of aliphatic hydroxyl groups excluding tert-OH is 1. The lowest BCUT2D eigenvalue weighted by Crippen LogP contribution is -2.50. The van der Waals surface area contributed by atoms with Gasteiger partial charge in [-0.2, -0.15) is 0 Å². The van der Waals surface area contributed by atoms with Crippen LogP contribution in [-0.2, 0) is 9.59 Å². The average Bonchev–Trinajstić information content (AvgIpc) is 2.41. The van der Waals surface area contributed by atoms with Crippen molar-refractivity contribution < 1.29 is 14.7 Å². The first-order valence-corrected chi connectivity index (χ1v) is 7.32. The van der Waals surface area contributed by atoms with Crippen LogP contribution in [0.2, 0.25) is 0 Å². The fourth-order valence-corrected chi connectivity index (χ4v) is 3.06. The van der Waals surface area contributed by atoms with Crippen molar-refractivity contribution in [1.29, 1.82) is 0 Å². The van der Waals surface area contributed by atoms with Gasteiger partial charge >= 0.3 is 0 Å². The lowest BCUT2D eigenvalue weighted by atomic mass is 9.91. The van der Waals surface area contributed by atoms with E-state index in [1.807, 2.05) is 0 Å². The van der Waals surface area contributed by atoms with Crippen molar-refractivity contribution in [2.24, 2.45) is 5.92 Å². The molecule has 2 amide bonds. The Hall–Kier alpha value is -1.10.